The fourth-order valence-electron chi connectivity index (χ4n) is 3.41. The van der Waals surface area contributed by atoms with Gasteiger partial charge in [-0.3, -0.25) is 4.79 Å². The van der Waals surface area contributed by atoms with Crippen LogP contribution in [0.1, 0.15) is 33.1 Å². The van der Waals surface area contributed by atoms with Crippen LogP contribution < -0.4 is 10.2 Å². The molecule has 0 fully saturated rings. The smallest absolute Gasteiger partial charge is 0.307 e. The van der Waals surface area contributed by atoms with E-state index in [0.29, 0.717) is 11.6 Å². The molecule has 0 atom stereocenters. The summed E-state index contributed by atoms with van der Waals surface area (Å²) in [6, 6.07) is 20.8. The molecule has 1 amide bonds. The number of aryl methyl sites for hydroxylation is 1. The van der Waals surface area contributed by atoms with E-state index in [-0.39, 0.29) is 5.76 Å². The Hall–Kier alpha value is -3.77. The van der Waals surface area contributed by atoms with Crippen LogP contribution in [0.15, 0.2) is 82.5 Å². The Morgan fingerprint density at radius 2 is 1.91 bits per heavy atom. The number of carbonyl (C=O) groups excluding carboxylic acids is 1. The first-order chi connectivity index (χ1) is 15.5. The zero-order valence-corrected chi connectivity index (χ0v) is 18.5. The van der Waals surface area contributed by atoms with Crippen LogP contribution in [0.25, 0.3) is 5.69 Å². The van der Waals surface area contributed by atoms with Crippen molar-refractivity contribution in [3.05, 3.63) is 106 Å². The number of hydrazone groups is 1. The van der Waals surface area contributed by atoms with E-state index in [4.69, 9.17) is 20.8 Å². The first-order valence-corrected chi connectivity index (χ1v) is 10.4. The molecule has 162 valence electrons. The molecule has 6 nitrogen and oxygen atoms in total. The molecule has 0 spiro atoms. The first-order valence-electron chi connectivity index (χ1n) is 10.1. The summed E-state index contributed by atoms with van der Waals surface area (Å²) in [5.74, 6) is 0.579. The SMILES string of the molecule is Cc1cc(/C=N\NC(=O)c2ccco2)c(C)n1-c1ccc(OCc2ccccc2Cl)cc1. The third kappa shape index (κ3) is 4.76. The minimum atomic E-state index is -0.396. The van der Waals surface area contributed by atoms with Gasteiger partial charge in [0.1, 0.15) is 12.4 Å². The van der Waals surface area contributed by atoms with Gasteiger partial charge in [-0.2, -0.15) is 5.10 Å². The second-order valence-corrected chi connectivity index (χ2v) is 7.62. The molecule has 0 saturated heterocycles. The lowest BCUT2D eigenvalue weighted by Crippen LogP contribution is -2.16. The van der Waals surface area contributed by atoms with Crippen molar-refractivity contribution in [2.45, 2.75) is 20.5 Å². The monoisotopic (exact) mass is 447 g/mol. The van der Waals surface area contributed by atoms with Crippen molar-refractivity contribution in [3.63, 3.8) is 0 Å². The largest absolute Gasteiger partial charge is 0.489 e. The Balaban J connectivity index is 1.44. The summed E-state index contributed by atoms with van der Waals surface area (Å²) in [5.41, 5.74) is 7.37. The lowest BCUT2D eigenvalue weighted by atomic mass is 10.2. The molecular formula is C25H22ClN3O3. The van der Waals surface area contributed by atoms with Crippen LogP contribution >= 0.6 is 11.6 Å². The van der Waals surface area contributed by atoms with Crippen LogP contribution in [0.5, 0.6) is 5.75 Å². The number of hydrogen-bond acceptors (Lipinski definition) is 4. The number of nitrogens with one attached hydrogen (secondary N) is 1. The number of aromatic nitrogens is 1. The molecule has 4 rings (SSSR count). The Morgan fingerprint density at radius 3 is 2.62 bits per heavy atom. The van der Waals surface area contributed by atoms with Crippen LogP contribution in [-0.4, -0.2) is 16.7 Å². The van der Waals surface area contributed by atoms with E-state index in [1.54, 1.807) is 18.3 Å². The molecule has 0 saturated carbocycles. The van der Waals surface area contributed by atoms with Gasteiger partial charge in [0, 0.05) is 33.2 Å². The summed E-state index contributed by atoms with van der Waals surface area (Å²) < 4.78 is 13.0. The lowest BCUT2D eigenvalue weighted by molar-refractivity contribution is 0.0927. The third-order valence-corrected chi connectivity index (χ3v) is 5.40. The van der Waals surface area contributed by atoms with Crippen LogP contribution in [0, 0.1) is 13.8 Å². The molecule has 0 radical (unpaired) electrons. The van der Waals surface area contributed by atoms with Crippen LogP contribution in [-0.2, 0) is 6.61 Å². The van der Waals surface area contributed by atoms with E-state index in [1.807, 2.05) is 68.4 Å². The fraction of sp³-hybridized carbons (Fsp3) is 0.120. The van der Waals surface area contributed by atoms with Gasteiger partial charge in [-0.15, -0.1) is 0 Å². The summed E-state index contributed by atoms with van der Waals surface area (Å²) in [6.07, 6.45) is 3.07. The van der Waals surface area contributed by atoms with Gasteiger partial charge in [-0.1, -0.05) is 29.8 Å². The molecule has 7 heteroatoms. The first kappa shape index (κ1) is 21.5. The van der Waals surface area contributed by atoms with E-state index in [9.17, 15) is 4.79 Å². The average molecular weight is 448 g/mol. The lowest BCUT2D eigenvalue weighted by Gasteiger charge is -2.12. The third-order valence-electron chi connectivity index (χ3n) is 5.03. The molecule has 2 aromatic carbocycles. The summed E-state index contributed by atoms with van der Waals surface area (Å²) >= 11 is 6.19. The number of benzene rings is 2. The van der Waals surface area contributed by atoms with Gasteiger partial charge in [0.25, 0.3) is 0 Å². The molecule has 0 aliphatic heterocycles. The van der Waals surface area contributed by atoms with Gasteiger partial charge in [-0.25, -0.2) is 5.43 Å². The van der Waals surface area contributed by atoms with Crippen molar-refractivity contribution in [2.24, 2.45) is 5.10 Å². The second-order valence-electron chi connectivity index (χ2n) is 7.21. The highest BCUT2D eigenvalue weighted by Crippen LogP contribution is 2.23. The number of halogens is 1. The Bertz CT molecular complexity index is 1240. The van der Waals surface area contributed by atoms with E-state index in [0.717, 1.165) is 34.0 Å². The zero-order chi connectivity index (χ0) is 22.5. The number of amides is 1. The predicted octanol–water partition coefficient (Wildman–Crippen LogP) is 5.68. The molecule has 0 unspecified atom stereocenters. The molecule has 0 bridgehead atoms. The van der Waals surface area contributed by atoms with E-state index < -0.39 is 5.91 Å². The molecule has 2 heterocycles. The summed E-state index contributed by atoms with van der Waals surface area (Å²) in [5, 5.41) is 4.74. The molecule has 4 aromatic rings. The van der Waals surface area contributed by atoms with Crippen molar-refractivity contribution >= 4 is 23.7 Å². The fourth-order valence-corrected chi connectivity index (χ4v) is 3.60. The van der Waals surface area contributed by atoms with Gasteiger partial charge in [0.15, 0.2) is 5.76 Å². The minimum Gasteiger partial charge on any atom is -0.489 e. The molecule has 0 aliphatic rings. The highest BCUT2D eigenvalue weighted by Gasteiger charge is 2.11. The number of ether oxygens (including phenoxy) is 1. The van der Waals surface area contributed by atoms with Crippen molar-refractivity contribution in [2.75, 3.05) is 0 Å². The summed E-state index contributed by atoms with van der Waals surface area (Å²) in [6.45, 7) is 4.43. The van der Waals surface area contributed by atoms with Crippen molar-refractivity contribution < 1.29 is 13.9 Å². The Labute approximate surface area is 191 Å². The van der Waals surface area contributed by atoms with Gasteiger partial charge >= 0.3 is 5.91 Å². The molecule has 1 N–H and O–H groups in total. The Morgan fingerprint density at radius 1 is 1.12 bits per heavy atom. The van der Waals surface area contributed by atoms with Crippen molar-refractivity contribution in [1.29, 1.82) is 0 Å². The number of rotatable bonds is 7. The van der Waals surface area contributed by atoms with Crippen LogP contribution in [0.2, 0.25) is 5.02 Å². The quantitative estimate of drug-likeness (QED) is 0.292. The Kier molecular flexibility index (Phi) is 6.42. The highest BCUT2D eigenvalue weighted by molar-refractivity contribution is 6.31. The van der Waals surface area contributed by atoms with Gasteiger partial charge in [-0.05, 0) is 62.4 Å². The van der Waals surface area contributed by atoms with Crippen molar-refractivity contribution in [1.82, 2.24) is 9.99 Å². The van der Waals surface area contributed by atoms with Crippen molar-refractivity contribution in [3.8, 4) is 11.4 Å². The maximum absolute atomic E-state index is 11.9. The van der Waals surface area contributed by atoms with Gasteiger partial charge < -0.3 is 13.7 Å². The number of hydrogen-bond donors (Lipinski definition) is 1. The minimum absolute atomic E-state index is 0.212. The maximum atomic E-state index is 11.9. The second kappa shape index (κ2) is 9.58. The molecule has 32 heavy (non-hydrogen) atoms. The predicted molar refractivity (Wildman–Crippen MR) is 125 cm³/mol. The average Bonchev–Trinajstić information content (AvgIpc) is 3.42. The van der Waals surface area contributed by atoms with E-state index in [1.165, 1.54) is 6.26 Å². The number of carbonyl (C=O) groups is 1. The maximum Gasteiger partial charge on any atom is 0.307 e. The molecule has 2 aromatic heterocycles. The summed E-state index contributed by atoms with van der Waals surface area (Å²) in [4.78, 5) is 11.9. The summed E-state index contributed by atoms with van der Waals surface area (Å²) in [7, 11) is 0. The topological polar surface area (TPSA) is 68.8 Å². The number of nitrogens with zero attached hydrogens (tertiary/aromatic N) is 2. The van der Waals surface area contributed by atoms with Gasteiger partial charge in [0.05, 0.1) is 12.5 Å². The van der Waals surface area contributed by atoms with Crippen LogP contribution in [0.4, 0.5) is 0 Å². The van der Waals surface area contributed by atoms with E-state index in [2.05, 4.69) is 15.1 Å². The number of furan rings is 1. The highest BCUT2D eigenvalue weighted by atomic mass is 35.5. The standard InChI is InChI=1S/C25H22ClN3O3/c1-17-14-20(15-27-28-25(30)24-8-5-13-31-24)18(2)29(17)21-9-11-22(12-10-21)32-16-19-6-3-4-7-23(19)26/h3-15H,16H2,1-2H3,(H,28,30)/b27-15-. The molecular weight excluding hydrogens is 426 g/mol. The van der Waals surface area contributed by atoms with Crippen LogP contribution in [0.3, 0.4) is 0 Å². The van der Waals surface area contributed by atoms with E-state index >= 15 is 0 Å². The zero-order valence-electron chi connectivity index (χ0n) is 17.7. The molecule has 0 aliphatic carbocycles. The normalized spacial score (nSPS) is 11.1. The van der Waals surface area contributed by atoms with Gasteiger partial charge in [0.2, 0.25) is 0 Å².